The van der Waals surface area contributed by atoms with E-state index in [-0.39, 0.29) is 29.4 Å². The van der Waals surface area contributed by atoms with Crippen LogP contribution < -0.4 is 0 Å². The van der Waals surface area contributed by atoms with Crippen molar-refractivity contribution in [3.05, 3.63) is 65.7 Å². The van der Waals surface area contributed by atoms with Gasteiger partial charge in [-0.05, 0) is 31.5 Å². The van der Waals surface area contributed by atoms with Crippen LogP contribution in [0.5, 0.6) is 0 Å². The van der Waals surface area contributed by atoms with Crippen molar-refractivity contribution in [2.24, 2.45) is 5.92 Å². The summed E-state index contributed by atoms with van der Waals surface area (Å²) in [6, 6.07) is 16.3. The molecule has 1 aliphatic rings. The number of aryl methyl sites for hydroxylation is 1. The van der Waals surface area contributed by atoms with Crippen molar-refractivity contribution in [1.29, 1.82) is 0 Å². The fourth-order valence-corrected chi connectivity index (χ4v) is 4.14. The Morgan fingerprint density at radius 1 is 1.12 bits per heavy atom. The summed E-state index contributed by atoms with van der Waals surface area (Å²) >= 11 is 0. The van der Waals surface area contributed by atoms with E-state index in [0.717, 1.165) is 11.1 Å². The molecule has 0 saturated carbocycles. The van der Waals surface area contributed by atoms with E-state index in [1.807, 2.05) is 44.2 Å². The molecule has 0 spiro atoms. The summed E-state index contributed by atoms with van der Waals surface area (Å²) in [5.74, 6) is -0.100. The molecule has 1 heterocycles. The van der Waals surface area contributed by atoms with E-state index < -0.39 is 10.1 Å². The zero-order valence-electron chi connectivity index (χ0n) is 15.0. The number of amides is 1. The Morgan fingerprint density at radius 2 is 1.77 bits per heavy atom. The van der Waals surface area contributed by atoms with Gasteiger partial charge in [0.25, 0.3) is 10.1 Å². The van der Waals surface area contributed by atoms with E-state index in [4.69, 9.17) is 4.18 Å². The average Bonchev–Trinajstić information content (AvgIpc) is 3.01. The van der Waals surface area contributed by atoms with Gasteiger partial charge in [0.1, 0.15) is 0 Å². The Morgan fingerprint density at radius 3 is 2.42 bits per heavy atom. The fourth-order valence-electron chi connectivity index (χ4n) is 3.16. The van der Waals surface area contributed by atoms with Gasteiger partial charge >= 0.3 is 0 Å². The first-order valence-corrected chi connectivity index (χ1v) is 10.1. The van der Waals surface area contributed by atoms with Crippen LogP contribution in [0, 0.1) is 12.8 Å². The zero-order valence-corrected chi connectivity index (χ0v) is 15.8. The maximum Gasteiger partial charge on any atom is 0.296 e. The van der Waals surface area contributed by atoms with Gasteiger partial charge in [0.2, 0.25) is 5.91 Å². The first-order valence-electron chi connectivity index (χ1n) is 8.67. The van der Waals surface area contributed by atoms with E-state index >= 15 is 0 Å². The molecule has 2 aromatic rings. The smallest absolute Gasteiger partial charge is 0.296 e. The van der Waals surface area contributed by atoms with Crippen molar-refractivity contribution in [2.75, 3.05) is 13.2 Å². The van der Waals surface area contributed by atoms with Gasteiger partial charge < -0.3 is 4.90 Å². The Kier molecular flexibility index (Phi) is 5.44. The first kappa shape index (κ1) is 18.6. The fraction of sp³-hybridized carbons (Fsp3) is 0.350. The van der Waals surface area contributed by atoms with Crippen molar-refractivity contribution in [1.82, 2.24) is 4.90 Å². The number of rotatable bonds is 6. The van der Waals surface area contributed by atoms with Crippen molar-refractivity contribution < 1.29 is 17.4 Å². The highest BCUT2D eigenvalue weighted by atomic mass is 32.2. The number of carbonyl (C=O) groups excluding carboxylic acids is 1. The maximum atomic E-state index is 12.4. The summed E-state index contributed by atoms with van der Waals surface area (Å²) in [6.45, 7) is 4.39. The molecule has 0 aromatic heterocycles. The molecule has 0 bridgehead atoms. The molecule has 3 rings (SSSR count). The lowest BCUT2D eigenvalue weighted by atomic mass is 10.1. The summed E-state index contributed by atoms with van der Waals surface area (Å²) in [7, 11) is -3.80. The van der Waals surface area contributed by atoms with Crippen molar-refractivity contribution >= 4 is 16.0 Å². The second kappa shape index (κ2) is 7.60. The van der Waals surface area contributed by atoms with E-state index in [1.165, 1.54) is 12.1 Å². The molecule has 0 N–H and O–H groups in total. The molecule has 0 aliphatic carbocycles. The Bertz CT molecular complexity index is 862. The molecular formula is C20H23NO4S. The lowest BCUT2D eigenvalue weighted by molar-refractivity contribution is -0.129. The van der Waals surface area contributed by atoms with Crippen molar-refractivity contribution in [3.8, 4) is 0 Å². The van der Waals surface area contributed by atoms with Gasteiger partial charge in [-0.25, -0.2) is 0 Å². The molecule has 6 heteroatoms. The minimum Gasteiger partial charge on any atom is -0.336 e. The van der Waals surface area contributed by atoms with Crippen LogP contribution in [0.3, 0.4) is 0 Å². The van der Waals surface area contributed by atoms with Gasteiger partial charge in [-0.3, -0.25) is 8.98 Å². The second-order valence-electron chi connectivity index (χ2n) is 6.75. The summed E-state index contributed by atoms with van der Waals surface area (Å²) in [6.07, 6.45) is 0.306. The molecule has 1 aliphatic heterocycles. The Balaban J connectivity index is 1.62. The number of likely N-dealkylation sites (tertiary alicyclic amines) is 1. The van der Waals surface area contributed by atoms with Gasteiger partial charge in [-0.1, -0.05) is 48.0 Å². The largest absolute Gasteiger partial charge is 0.336 e. The number of carbonyl (C=O) groups is 1. The lowest BCUT2D eigenvalue weighted by Gasteiger charge is -2.25. The third-order valence-corrected chi connectivity index (χ3v) is 6.05. The molecule has 1 fully saturated rings. The van der Waals surface area contributed by atoms with Gasteiger partial charge in [-0.2, -0.15) is 8.42 Å². The van der Waals surface area contributed by atoms with Crippen LogP contribution in [0.2, 0.25) is 0 Å². The summed E-state index contributed by atoms with van der Waals surface area (Å²) in [5.41, 5.74) is 2.05. The van der Waals surface area contributed by atoms with Crippen LogP contribution in [-0.4, -0.2) is 32.4 Å². The van der Waals surface area contributed by atoms with Gasteiger partial charge in [0.05, 0.1) is 17.5 Å². The van der Waals surface area contributed by atoms with E-state index in [0.29, 0.717) is 13.0 Å². The average molecular weight is 373 g/mol. The van der Waals surface area contributed by atoms with E-state index in [9.17, 15) is 13.2 Å². The molecule has 5 nitrogen and oxygen atoms in total. The number of benzene rings is 2. The molecular weight excluding hydrogens is 350 g/mol. The third kappa shape index (κ3) is 4.14. The van der Waals surface area contributed by atoms with E-state index in [1.54, 1.807) is 17.0 Å². The van der Waals surface area contributed by atoms with Crippen LogP contribution in [0.1, 0.15) is 30.5 Å². The zero-order chi connectivity index (χ0) is 18.7. The normalized spacial score (nSPS) is 18.9. The standard InChI is InChI=1S/C20H23NO4S/c1-15-8-10-19(11-9-15)26(23,24)25-14-17-12-20(22)21(13-17)16(2)18-6-4-3-5-7-18/h3-11,16-17H,12-14H2,1-2H3/t16-,17-/m0/s1. The van der Waals surface area contributed by atoms with E-state index in [2.05, 4.69) is 0 Å². The van der Waals surface area contributed by atoms with Crippen molar-refractivity contribution in [2.45, 2.75) is 31.2 Å². The highest BCUT2D eigenvalue weighted by molar-refractivity contribution is 7.86. The Hall–Kier alpha value is -2.18. The number of nitrogens with zero attached hydrogens (tertiary/aromatic N) is 1. The second-order valence-corrected chi connectivity index (χ2v) is 8.37. The van der Waals surface area contributed by atoms with Crippen LogP contribution in [0.15, 0.2) is 59.5 Å². The van der Waals surface area contributed by atoms with Crippen LogP contribution in [-0.2, 0) is 19.1 Å². The van der Waals surface area contributed by atoms with Gasteiger partial charge in [0, 0.05) is 18.9 Å². The first-order chi connectivity index (χ1) is 12.4. The monoisotopic (exact) mass is 373 g/mol. The predicted octanol–water partition coefficient (Wildman–Crippen LogP) is 3.31. The van der Waals surface area contributed by atoms with Crippen LogP contribution in [0.25, 0.3) is 0 Å². The summed E-state index contributed by atoms with van der Waals surface area (Å²) < 4.78 is 29.8. The molecule has 2 aromatic carbocycles. The molecule has 0 radical (unpaired) electrons. The van der Waals surface area contributed by atoms with Crippen LogP contribution in [0.4, 0.5) is 0 Å². The number of hydrogen-bond donors (Lipinski definition) is 0. The SMILES string of the molecule is Cc1ccc(S(=O)(=O)OC[C@H]2CC(=O)N([C@@H](C)c3ccccc3)C2)cc1. The molecule has 1 amide bonds. The molecule has 138 valence electrons. The summed E-state index contributed by atoms with van der Waals surface area (Å²) in [5, 5.41) is 0. The summed E-state index contributed by atoms with van der Waals surface area (Å²) in [4.78, 5) is 14.3. The van der Waals surface area contributed by atoms with Gasteiger partial charge in [0.15, 0.2) is 0 Å². The van der Waals surface area contributed by atoms with Crippen molar-refractivity contribution in [3.63, 3.8) is 0 Å². The molecule has 26 heavy (non-hydrogen) atoms. The predicted molar refractivity (Wildman–Crippen MR) is 99.0 cm³/mol. The lowest BCUT2D eigenvalue weighted by Crippen LogP contribution is -2.29. The topological polar surface area (TPSA) is 63.7 Å². The minimum atomic E-state index is -3.80. The molecule has 0 unspecified atom stereocenters. The van der Waals surface area contributed by atoms with Gasteiger partial charge in [-0.15, -0.1) is 0 Å². The quantitative estimate of drug-likeness (QED) is 0.729. The van der Waals surface area contributed by atoms with Crippen LogP contribution >= 0.6 is 0 Å². The Labute approximate surface area is 154 Å². The molecule has 2 atom stereocenters. The molecule has 1 saturated heterocycles. The minimum absolute atomic E-state index is 0.0138. The highest BCUT2D eigenvalue weighted by Gasteiger charge is 2.34. The third-order valence-electron chi connectivity index (χ3n) is 4.76. The number of hydrogen-bond acceptors (Lipinski definition) is 4. The highest BCUT2D eigenvalue weighted by Crippen LogP contribution is 2.29. The maximum absolute atomic E-state index is 12.4.